The zero-order chi connectivity index (χ0) is 14.3. The third-order valence-corrected chi connectivity index (χ3v) is 4.81. The summed E-state index contributed by atoms with van der Waals surface area (Å²) in [6.07, 6.45) is 1.42. The summed E-state index contributed by atoms with van der Waals surface area (Å²) in [4.78, 5) is 0. The van der Waals surface area contributed by atoms with Crippen LogP contribution in [0.4, 0.5) is 0 Å². The van der Waals surface area contributed by atoms with E-state index in [4.69, 9.17) is 14.2 Å². The van der Waals surface area contributed by atoms with E-state index >= 15 is 0 Å². The van der Waals surface area contributed by atoms with Crippen molar-refractivity contribution in [1.29, 1.82) is 0 Å². The van der Waals surface area contributed by atoms with E-state index in [0.29, 0.717) is 18.9 Å². The van der Waals surface area contributed by atoms with Crippen LogP contribution in [0.25, 0.3) is 0 Å². The van der Waals surface area contributed by atoms with Crippen molar-refractivity contribution in [3.8, 4) is 11.5 Å². The van der Waals surface area contributed by atoms with Crippen molar-refractivity contribution in [3.05, 3.63) is 23.8 Å². The van der Waals surface area contributed by atoms with Crippen LogP contribution in [-0.4, -0.2) is 26.0 Å². The molecule has 3 rings (SSSR count). The van der Waals surface area contributed by atoms with E-state index in [1.165, 1.54) is 5.56 Å². The number of methoxy groups -OCH3 is 1. The van der Waals surface area contributed by atoms with E-state index in [-0.39, 0.29) is 11.5 Å². The van der Waals surface area contributed by atoms with Crippen LogP contribution in [-0.2, 0) is 4.74 Å². The standard InChI is InChI=1S/C16H23NO3/c1-10(17-14-8-15(18-4)16(14,2)3)11-5-6-12-13(7-11)20-9-19-12/h5-7,10,14-15,17H,8-9H2,1-4H3. The Morgan fingerprint density at radius 3 is 2.75 bits per heavy atom. The third-order valence-electron chi connectivity index (χ3n) is 4.81. The summed E-state index contributed by atoms with van der Waals surface area (Å²) in [5, 5.41) is 3.70. The maximum absolute atomic E-state index is 5.50. The second kappa shape index (κ2) is 4.93. The summed E-state index contributed by atoms with van der Waals surface area (Å²) in [5.41, 5.74) is 1.41. The van der Waals surface area contributed by atoms with E-state index in [9.17, 15) is 0 Å². The highest BCUT2D eigenvalue weighted by Crippen LogP contribution is 2.43. The Morgan fingerprint density at radius 2 is 2.05 bits per heavy atom. The summed E-state index contributed by atoms with van der Waals surface area (Å²) in [7, 11) is 1.80. The summed E-state index contributed by atoms with van der Waals surface area (Å²) < 4.78 is 16.3. The fraction of sp³-hybridized carbons (Fsp3) is 0.625. The van der Waals surface area contributed by atoms with Crippen LogP contribution in [0.15, 0.2) is 18.2 Å². The smallest absolute Gasteiger partial charge is 0.231 e. The molecule has 4 heteroatoms. The first-order chi connectivity index (χ1) is 9.52. The van der Waals surface area contributed by atoms with Crippen LogP contribution in [0.1, 0.15) is 38.8 Å². The summed E-state index contributed by atoms with van der Waals surface area (Å²) >= 11 is 0. The van der Waals surface area contributed by atoms with Crippen LogP contribution < -0.4 is 14.8 Å². The average molecular weight is 277 g/mol. The lowest BCUT2D eigenvalue weighted by Crippen LogP contribution is -2.60. The molecule has 3 atom stereocenters. The second-order valence-corrected chi connectivity index (χ2v) is 6.34. The molecule has 1 aliphatic heterocycles. The van der Waals surface area contributed by atoms with Gasteiger partial charge in [0.25, 0.3) is 0 Å². The predicted molar refractivity (Wildman–Crippen MR) is 77.1 cm³/mol. The van der Waals surface area contributed by atoms with E-state index < -0.39 is 0 Å². The molecule has 0 spiro atoms. The molecule has 2 aliphatic rings. The molecule has 4 nitrogen and oxygen atoms in total. The van der Waals surface area contributed by atoms with Gasteiger partial charge in [0.15, 0.2) is 11.5 Å². The van der Waals surface area contributed by atoms with Gasteiger partial charge in [0, 0.05) is 24.6 Å². The molecule has 0 bridgehead atoms. The third kappa shape index (κ3) is 2.17. The molecule has 1 fully saturated rings. The molecule has 1 aromatic carbocycles. The van der Waals surface area contributed by atoms with Crippen LogP contribution >= 0.6 is 0 Å². The summed E-state index contributed by atoms with van der Waals surface area (Å²) in [6.45, 7) is 7.03. The van der Waals surface area contributed by atoms with Crippen molar-refractivity contribution in [2.24, 2.45) is 5.41 Å². The van der Waals surface area contributed by atoms with Crippen molar-refractivity contribution < 1.29 is 14.2 Å². The van der Waals surface area contributed by atoms with Crippen molar-refractivity contribution in [1.82, 2.24) is 5.32 Å². The maximum Gasteiger partial charge on any atom is 0.231 e. The minimum Gasteiger partial charge on any atom is -0.454 e. The fourth-order valence-electron chi connectivity index (χ4n) is 3.15. The van der Waals surface area contributed by atoms with Crippen molar-refractivity contribution in [2.75, 3.05) is 13.9 Å². The first kappa shape index (κ1) is 13.7. The summed E-state index contributed by atoms with van der Waals surface area (Å²) in [6, 6.07) is 6.92. The van der Waals surface area contributed by atoms with Crippen LogP contribution in [0, 0.1) is 5.41 Å². The Morgan fingerprint density at radius 1 is 1.30 bits per heavy atom. The molecule has 0 aromatic heterocycles. The number of hydrogen-bond acceptors (Lipinski definition) is 4. The molecule has 1 saturated carbocycles. The molecule has 1 N–H and O–H groups in total. The van der Waals surface area contributed by atoms with E-state index in [1.54, 1.807) is 7.11 Å². The Labute approximate surface area is 120 Å². The lowest BCUT2D eigenvalue weighted by Gasteiger charge is -2.52. The first-order valence-electron chi connectivity index (χ1n) is 7.20. The highest BCUT2D eigenvalue weighted by Gasteiger charge is 2.48. The fourth-order valence-corrected chi connectivity index (χ4v) is 3.15. The molecule has 0 saturated heterocycles. The highest BCUT2D eigenvalue weighted by molar-refractivity contribution is 5.45. The molecule has 1 heterocycles. The van der Waals surface area contributed by atoms with Crippen LogP contribution in [0.3, 0.4) is 0 Å². The van der Waals surface area contributed by atoms with Crippen molar-refractivity contribution in [3.63, 3.8) is 0 Å². The minimum absolute atomic E-state index is 0.180. The quantitative estimate of drug-likeness (QED) is 0.918. The Kier molecular flexibility index (Phi) is 3.38. The van der Waals surface area contributed by atoms with Crippen molar-refractivity contribution in [2.45, 2.75) is 45.4 Å². The van der Waals surface area contributed by atoms with Crippen molar-refractivity contribution >= 4 is 0 Å². The van der Waals surface area contributed by atoms with Gasteiger partial charge in [-0.25, -0.2) is 0 Å². The maximum atomic E-state index is 5.50. The van der Waals surface area contributed by atoms with Gasteiger partial charge in [0.05, 0.1) is 6.10 Å². The second-order valence-electron chi connectivity index (χ2n) is 6.34. The van der Waals surface area contributed by atoms with Gasteiger partial charge in [-0.2, -0.15) is 0 Å². The van der Waals surface area contributed by atoms with Gasteiger partial charge >= 0.3 is 0 Å². The zero-order valence-corrected chi connectivity index (χ0v) is 12.6. The summed E-state index contributed by atoms with van der Waals surface area (Å²) in [5.74, 6) is 1.68. The van der Waals surface area contributed by atoms with E-state index in [1.807, 2.05) is 6.07 Å². The largest absolute Gasteiger partial charge is 0.454 e. The number of benzene rings is 1. The topological polar surface area (TPSA) is 39.7 Å². The molecule has 1 aliphatic carbocycles. The lowest BCUT2D eigenvalue weighted by molar-refractivity contribution is -0.0999. The van der Waals surface area contributed by atoms with Gasteiger partial charge in [-0.15, -0.1) is 0 Å². The minimum atomic E-state index is 0.180. The molecule has 3 unspecified atom stereocenters. The number of rotatable bonds is 4. The Balaban J connectivity index is 1.67. The Hall–Kier alpha value is -1.26. The zero-order valence-electron chi connectivity index (χ0n) is 12.6. The molecule has 20 heavy (non-hydrogen) atoms. The molecule has 0 radical (unpaired) electrons. The Bertz CT molecular complexity index is 500. The van der Waals surface area contributed by atoms with E-state index in [0.717, 1.165) is 17.9 Å². The van der Waals surface area contributed by atoms with Crippen LogP contribution in [0.2, 0.25) is 0 Å². The molecule has 110 valence electrons. The van der Waals surface area contributed by atoms with Gasteiger partial charge in [-0.05, 0) is 31.0 Å². The molecule has 1 aromatic rings. The normalized spacial score (nSPS) is 28.0. The van der Waals surface area contributed by atoms with Gasteiger partial charge in [0.2, 0.25) is 6.79 Å². The van der Waals surface area contributed by atoms with E-state index in [2.05, 4.69) is 38.2 Å². The molecule has 0 amide bonds. The number of nitrogens with one attached hydrogen (secondary N) is 1. The monoisotopic (exact) mass is 277 g/mol. The molecular weight excluding hydrogens is 254 g/mol. The van der Waals surface area contributed by atoms with Crippen LogP contribution in [0.5, 0.6) is 11.5 Å². The number of fused-ring (bicyclic) bond motifs is 1. The number of ether oxygens (including phenoxy) is 3. The molecular formula is C16H23NO3. The highest BCUT2D eigenvalue weighted by atomic mass is 16.7. The lowest BCUT2D eigenvalue weighted by atomic mass is 9.64. The van der Waals surface area contributed by atoms with Gasteiger partial charge < -0.3 is 19.5 Å². The van der Waals surface area contributed by atoms with Gasteiger partial charge in [0.1, 0.15) is 0 Å². The SMILES string of the molecule is COC1CC(NC(C)c2ccc3c(c2)OCO3)C1(C)C. The average Bonchev–Trinajstić information content (AvgIpc) is 2.89. The van der Waals surface area contributed by atoms with Gasteiger partial charge in [-0.3, -0.25) is 0 Å². The van der Waals surface area contributed by atoms with Gasteiger partial charge in [-0.1, -0.05) is 19.9 Å². The predicted octanol–water partition coefficient (Wildman–Crippen LogP) is 2.88. The number of hydrogen-bond donors (Lipinski definition) is 1. The first-order valence-corrected chi connectivity index (χ1v) is 7.20.